The summed E-state index contributed by atoms with van der Waals surface area (Å²) in [6.45, 7) is 0.421. The highest BCUT2D eigenvalue weighted by molar-refractivity contribution is 6.00. The molecule has 0 bridgehead atoms. The second-order valence-electron chi connectivity index (χ2n) is 6.41. The van der Waals surface area contributed by atoms with Gasteiger partial charge in [0.05, 0.1) is 0 Å². The largest absolute Gasteiger partial charge is 0.337 e. The zero-order chi connectivity index (χ0) is 18.4. The van der Waals surface area contributed by atoms with E-state index in [-0.39, 0.29) is 11.9 Å². The third-order valence-electron chi connectivity index (χ3n) is 4.70. The van der Waals surface area contributed by atoms with E-state index in [9.17, 15) is 4.79 Å². The zero-order valence-electron chi connectivity index (χ0n) is 15.0. The average Bonchev–Trinajstić information content (AvgIpc) is 2.72. The topological polar surface area (TPSA) is 46.3 Å². The third-order valence-corrected chi connectivity index (χ3v) is 4.70. The summed E-state index contributed by atoms with van der Waals surface area (Å²) < 4.78 is 0. The van der Waals surface area contributed by atoms with Crippen molar-refractivity contribution < 1.29 is 4.79 Å². The summed E-state index contributed by atoms with van der Waals surface area (Å²) in [6.07, 6.45) is 0.743. The first-order valence-electron chi connectivity index (χ1n) is 8.86. The van der Waals surface area contributed by atoms with Gasteiger partial charge in [-0.15, -0.1) is 0 Å². The van der Waals surface area contributed by atoms with Crippen LogP contribution < -0.4 is 5.73 Å². The Kier molecular flexibility index (Phi) is 5.82. The SMILES string of the molecule is CN(C(=O)c1ccccc1-c1ccccc1)C(CN)Cc1ccccc1. The molecule has 1 atom stereocenters. The lowest BCUT2D eigenvalue weighted by molar-refractivity contribution is 0.0737. The van der Waals surface area contributed by atoms with E-state index in [0.717, 1.165) is 17.5 Å². The van der Waals surface area contributed by atoms with Crippen LogP contribution in [0.15, 0.2) is 84.9 Å². The maximum Gasteiger partial charge on any atom is 0.254 e. The lowest BCUT2D eigenvalue weighted by Gasteiger charge is -2.28. The molecule has 1 amide bonds. The predicted octanol–water partition coefficient (Wildman–Crippen LogP) is 4.00. The monoisotopic (exact) mass is 344 g/mol. The highest BCUT2D eigenvalue weighted by Crippen LogP contribution is 2.25. The van der Waals surface area contributed by atoms with Crippen LogP contribution in [-0.4, -0.2) is 30.4 Å². The van der Waals surface area contributed by atoms with Gasteiger partial charge >= 0.3 is 0 Å². The first-order chi connectivity index (χ1) is 12.7. The molecule has 0 fully saturated rings. The number of rotatable bonds is 6. The quantitative estimate of drug-likeness (QED) is 0.735. The lowest BCUT2D eigenvalue weighted by atomic mass is 9.98. The van der Waals surface area contributed by atoms with Gasteiger partial charge < -0.3 is 10.6 Å². The molecule has 1 unspecified atom stereocenters. The summed E-state index contributed by atoms with van der Waals surface area (Å²) in [7, 11) is 1.84. The van der Waals surface area contributed by atoms with E-state index in [1.807, 2.05) is 79.8 Å². The van der Waals surface area contributed by atoms with Crippen LogP contribution in [0.3, 0.4) is 0 Å². The van der Waals surface area contributed by atoms with Crippen molar-refractivity contribution in [2.75, 3.05) is 13.6 Å². The van der Waals surface area contributed by atoms with Gasteiger partial charge in [0.1, 0.15) is 0 Å². The summed E-state index contributed by atoms with van der Waals surface area (Å²) in [5, 5.41) is 0. The van der Waals surface area contributed by atoms with Gasteiger partial charge in [-0.3, -0.25) is 4.79 Å². The Morgan fingerprint density at radius 2 is 1.46 bits per heavy atom. The maximum atomic E-state index is 13.2. The molecule has 0 aromatic heterocycles. The van der Waals surface area contributed by atoms with Gasteiger partial charge in [0, 0.05) is 25.2 Å². The summed E-state index contributed by atoms with van der Waals surface area (Å²) in [5.41, 5.74) is 9.86. The fourth-order valence-corrected chi connectivity index (χ4v) is 3.16. The van der Waals surface area contributed by atoms with E-state index in [1.165, 1.54) is 5.56 Å². The Labute approximate surface area is 155 Å². The number of nitrogens with two attached hydrogens (primary N) is 1. The molecule has 132 valence electrons. The maximum absolute atomic E-state index is 13.2. The molecular formula is C23H24N2O. The van der Waals surface area contributed by atoms with Gasteiger partial charge in [0.2, 0.25) is 0 Å². The van der Waals surface area contributed by atoms with Crippen LogP contribution in [0.1, 0.15) is 15.9 Å². The molecule has 2 N–H and O–H groups in total. The first kappa shape index (κ1) is 17.9. The molecule has 26 heavy (non-hydrogen) atoms. The van der Waals surface area contributed by atoms with E-state index in [4.69, 9.17) is 5.73 Å². The van der Waals surface area contributed by atoms with E-state index in [1.54, 1.807) is 4.90 Å². The summed E-state index contributed by atoms with van der Waals surface area (Å²) in [6, 6.07) is 27.8. The standard InChI is InChI=1S/C23H24N2O/c1-25(20(17-24)16-18-10-4-2-5-11-18)23(26)22-15-9-8-14-21(22)19-12-6-3-7-13-19/h2-15,20H,16-17,24H2,1H3. The Hall–Kier alpha value is -2.91. The number of carbonyl (C=O) groups is 1. The van der Waals surface area contributed by atoms with Crippen molar-refractivity contribution in [3.63, 3.8) is 0 Å². The lowest BCUT2D eigenvalue weighted by Crippen LogP contribution is -2.43. The molecule has 0 radical (unpaired) electrons. The van der Waals surface area contributed by atoms with Crippen LogP contribution in [0.5, 0.6) is 0 Å². The minimum Gasteiger partial charge on any atom is -0.337 e. The molecule has 0 saturated heterocycles. The average molecular weight is 344 g/mol. The summed E-state index contributed by atoms with van der Waals surface area (Å²) >= 11 is 0. The van der Waals surface area contributed by atoms with Crippen LogP contribution >= 0.6 is 0 Å². The summed E-state index contributed by atoms with van der Waals surface area (Å²) in [4.78, 5) is 15.0. The molecule has 3 rings (SSSR count). The van der Waals surface area contributed by atoms with E-state index >= 15 is 0 Å². The number of hydrogen-bond acceptors (Lipinski definition) is 2. The molecule has 3 nitrogen and oxygen atoms in total. The van der Waals surface area contributed by atoms with Gasteiger partial charge in [0.15, 0.2) is 0 Å². The van der Waals surface area contributed by atoms with E-state index in [0.29, 0.717) is 12.1 Å². The molecule has 3 heteroatoms. The van der Waals surface area contributed by atoms with Crippen LogP contribution in [0.2, 0.25) is 0 Å². The molecule has 0 aliphatic rings. The highest BCUT2D eigenvalue weighted by Gasteiger charge is 2.22. The number of hydrogen-bond donors (Lipinski definition) is 1. The van der Waals surface area contributed by atoms with Crippen molar-refractivity contribution in [2.24, 2.45) is 5.73 Å². The Morgan fingerprint density at radius 3 is 2.12 bits per heavy atom. The molecule has 0 saturated carbocycles. The van der Waals surface area contributed by atoms with Crippen molar-refractivity contribution in [1.82, 2.24) is 4.90 Å². The van der Waals surface area contributed by atoms with Gasteiger partial charge in [-0.25, -0.2) is 0 Å². The minimum absolute atomic E-state index is 0.00386. The van der Waals surface area contributed by atoms with Gasteiger partial charge in [-0.05, 0) is 29.2 Å². The number of amides is 1. The van der Waals surface area contributed by atoms with E-state index < -0.39 is 0 Å². The second-order valence-corrected chi connectivity index (χ2v) is 6.41. The van der Waals surface area contributed by atoms with Crippen LogP contribution in [-0.2, 0) is 6.42 Å². The Bertz CT molecular complexity index is 846. The fourth-order valence-electron chi connectivity index (χ4n) is 3.16. The molecule has 0 spiro atoms. The highest BCUT2D eigenvalue weighted by atomic mass is 16.2. The van der Waals surface area contributed by atoms with Crippen LogP contribution in [0.25, 0.3) is 11.1 Å². The van der Waals surface area contributed by atoms with Gasteiger partial charge in [0.25, 0.3) is 5.91 Å². The smallest absolute Gasteiger partial charge is 0.254 e. The normalized spacial score (nSPS) is 11.8. The summed E-state index contributed by atoms with van der Waals surface area (Å²) in [5.74, 6) is -0.00386. The predicted molar refractivity (Wildman–Crippen MR) is 107 cm³/mol. The van der Waals surface area contributed by atoms with Crippen molar-refractivity contribution >= 4 is 5.91 Å². The fraction of sp³-hybridized carbons (Fsp3) is 0.174. The molecular weight excluding hydrogens is 320 g/mol. The van der Waals surface area contributed by atoms with Crippen LogP contribution in [0, 0.1) is 0 Å². The zero-order valence-corrected chi connectivity index (χ0v) is 15.0. The molecule has 0 heterocycles. The van der Waals surface area contributed by atoms with Crippen molar-refractivity contribution in [1.29, 1.82) is 0 Å². The number of nitrogens with zero attached hydrogens (tertiary/aromatic N) is 1. The molecule has 3 aromatic rings. The van der Waals surface area contributed by atoms with Crippen LogP contribution in [0.4, 0.5) is 0 Å². The van der Waals surface area contributed by atoms with Gasteiger partial charge in [-0.1, -0.05) is 78.9 Å². The Morgan fingerprint density at radius 1 is 0.885 bits per heavy atom. The minimum atomic E-state index is -0.0475. The first-order valence-corrected chi connectivity index (χ1v) is 8.86. The van der Waals surface area contributed by atoms with Crippen molar-refractivity contribution in [2.45, 2.75) is 12.5 Å². The Balaban J connectivity index is 1.86. The second kappa shape index (κ2) is 8.45. The molecule has 0 aliphatic carbocycles. The van der Waals surface area contributed by atoms with Crippen molar-refractivity contribution in [3.8, 4) is 11.1 Å². The van der Waals surface area contributed by atoms with E-state index in [2.05, 4.69) is 12.1 Å². The number of carbonyl (C=O) groups excluding carboxylic acids is 1. The molecule has 0 aliphatic heterocycles. The van der Waals surface area contributed by atoms with Gasteiger partial charge in [-0.2, -0.15) is 0 Å². The number of benzene rings is 3. The van der Waals surface area contributed by atoms with Crippen molar-refractivity contribution in [3.05, 3.63) is 96.1 Å². The number of likely N-dealkylation sites (N-methyl/N-ethyl adjacent to an activating group) is 1. The third kappa shape index (κ3) is 4.01. The molecule has 3 aromatic carbocycles.